The van der Waals surface area contributed by atoms with E-state index in [9.17, 15) is 4.79 Å². The Morgan fingerprint density at radius 1 is 1.12 bits per heavy atom. The average Bonchev–Trinajstić information content (AvgIpc) is 3.29. The predicted molar refractivity (Wildman–Crippen MR) is 144 cm³/mol. The maximum atomic E-state index is 13.9. The van der Waals surface area contributed by atoms with E-state index in [0.29, 0.717) is 17.1 Å². The number of thiazole rings is 1. The summed E-state index contributed by atoms with van der Waals surface area (Å²) in [7, 11) is 0. The van der Waals surface area contributed by atoms with E-state index in [1.165, 1.54) is 0 Å². The summed E-state index contributed by atoms with van der Waals surface area (Å²) in [6.45, 7) is 6.94. The van der Waals surface area contributed by atoms with Crippen molar-refractivity contribution >= 4 is 67.4 Å². The van der Waals surface area contributed by atoms with E-state index in [2.05, 4.69) is 4.90 Å². The van der Waals surface area contributed by atoms with Gasteiger partial charge >= 0.3 is 0 Å². The predicted octanol–water partition coefficient (Wildman–Crippen LogP) is 6.20. The molecule has 0 aliphatic carbocycles. The van der Waals surface area contributed by atoms with Gasteiger partial charge in [-0.1, -0.05) is 59.3 Å². The van der Waals surface area contributed by atoms with E-state index in [4.69, 9.17) is 21.3 Å². The zero-order valence-electron chi connectivity index (χ0n) is 19.0. The molecule has 34 heavy (non-hydrogen) atoms. The van der Waals surface area contributed by atoms with Crippen molar-refractivity contribution in [3.05, 3.63) is 70.7 Å². The molecular weight excluding hydrogens is 489 g/mol. The van der Waals surface area contributed by atoms with Crippen LogP contribution in [0.2, 0.25) is 5.02 Å². The molecule has 0 saturated carbocycles. The van der Waals surface area contributed by atoms with Crippen molar-refractivity contribution < 1.29 is 9.53 Å². The van der Waals surface area contributed by atoms with Crippen LogP contribution in [-0.2, 0) is 4.74 Å². The van der Waals surface area contributed by atoms with Crippen molar-refractivity contribution in [3.63, 3.8) is 0 Å². The SMILES string of the molecule is Cc1c(Cl)ccc2sc(N(CCCN3CCOCC3)C(=O)c3cccc4ccccc34)nc12.Cl. The minimum atomic E-state index is -0.0171. The van der Waals surface area contributed by atoms with Crippen LogP contribution < -0.4 is 4.90 Å². The van der Waals surface area contributed by atoms with E-state index < -0.39 is 0 Å². The number of aromatic nitrogens is 1. The van der Waals surface area contributed by atoms with Gasteiger partial charge in [0.05, 0.1) is 23.4 Å². The molecule has 1 aromatic heterocycles. The van der Waals surface area contributed by atoms with Crippen LogP contribution in [0.15, 0.2) is 54.6 Å². The lowest BCUT2D eigenvalue weighted by Gasteiger charge is -2.28. The number of amides is 1. The number of hydrogen-bond donors (Lipinski definition) is 0. The molecule has 0 atom stereocenters. The maximum Gasteiger partial charge on any atom is 0.260 e. The van der Waals surface area contributed by atoms with Gasteiger partial charge in [0.2, 0.25) is 0 Å². The second kappa shape index (κ2) is 11.0. The Bertz CT molecular complexity index is 1300. The maximum absolute atomic E-state index is 13.9. The number of carbonyl (C=O) groups is 1. The number of carbonyl (C=O) groups excluding carboxylic acids is 1. The van der Waals surface area contributed by atoms with Crippen molar-refractivity contribution in [2.45, 2.75) is 13.3 Å². The van der Waals surface area contributed by atoms with Crippen molar-refractivity contribution in [2.75, 3.05) is 44.3 Å². The number of hydrogen-bond acceptors (Lipinski definition) is 5. The topological polar surface area (TPSA) is 45.7 Å². The normalized spacial score (nSPS) is 14.3. The second-order valence-corrected chi connectivity index (χ2v) is 9.72. The molecule has 2 heterocycles. The molecule has 8 heteroatoms. The van der Waals surface area contributed by atoms with Gasteiger partial charge < -0.3 is 4.74 Å². The van der Waals surface area contributed by atoms with Gasteiger partial charge in [-0.3, -0.25) is 14.6 Å². The molecule has 0 unspecified atom stereocenters. The molecular formula is C26H27Cl2N3O2S. The van der Waals surface area contributed by atoms with Gasteiger partial charge in [-0.15, -0.1) is 12.4 Å². The molecule has 178 valence electrons. The summed E-state index contributed by atoms with van der Waals surface area (Å²) in [5.74, 6) is -0.0171. The summed E-state index contributed by atoms with van der Waals surface area (Å²) in [4.78, 5) is 23.0. The number of nitrogens with zero attached hydrogens (tertiary/aromatic N) is 3. The first-order chi connectivity index (χ1) is 16.1. The number of anilines is 1. The first-order valence-electron chi connectivity index (χ1n) is 11.3. The van der Waals surface area contributed by atoms with Gasteiger partial charge in [-0.25, -0.2) is 4.98 Å². The number of aryl methyl sites for hydroxylation is 1. The molecule has 0 spiro atoms. The Hall–Kier alpha value is -2.22. The largest absolute Gasteiger partial charge is 0.379 e. The summed E-state index contributed by atoms with van der Waals surface area (Å²) in [5, 5.41) is 3.43. The van der Waals surface area contributed by atoms with E-state index in [0.717, 1.165) is 71.0 Å². The molecule has 0 bridgehead atoms. The van der Waals surface area contributed by atoms with Crippen LogP contribution >= 0.6 is 35.3 Å². The highest BCUT2D eigenvalue weighted by molar-refractivity contribution is 7.22. The van der Waals surface area contributed by atoms with Crippen LogP contribution in [0.25, 0.3) is 21.0 Å². The fraction of sp³-hybridized carbons (Fsp3) is 0.308. The standard InChI is InChI=1S/C26H26ClN3O2S.ClH/c1-18-22(27)10-11-23-24(18)28-26(33-23)30(13-5-12-29-14-16-32-17-15-29)25(31)21-9-4-7-19-6-2-3-8-20(19)21;/h2-4,6-11H,5,12-17H2,1H3;1H. The summed E-state index contributed by atoms with van der Waals surface area (Å²) in [6, 6.07) is 17.8. The van der Waals surface area contributed by atoms with Crippen molar-refractivity contribution in [1.82, 2.24) is 9.88 Å². The van der Waals surface area contributed by atoms with Crippen LogP contribution in [0.5, 0.6) is 0 Å². The number of morpholine rings is 1. The lowest BCUT2D eigenvalue weighted by atomic mass is 10.0. The third kappa shape index (κ3) is 5.07. The van der Waals surface area contributed by atoms with Gasteiger partial charge in [0.15, 0.2) is 5.13 Å². The monoisotopic (exact) mass is 515 g/mol. The zero-order chi connectivity index (χ0) is 22.8. The minimum absolute atomic E-state index is 0. The van der Waals surface area contributed by atoms with E-state index >= 15 is 0 Å². The Labute approximate surface area is 214 Å². The third-order valence-corrected chi connectivity index (χ3v) is 7.65. The first-order valence-corrected chi connectivity index (χ1v) is 12.5. The van der Waals surface area contributed by atoms with Gasteiger partial charge in [0, 0.05) is 36.8 Å². The molecule has 1 aliphatic rings. The summed E-state index contributed by atoms with van der Waals surface area (Å²) in [6.07, 6.45) is 0.867. The van der Waals surface area contributed by atoms with Gasteiger partial charge in [-0.2, -0.15) is 0 Å². The second-order valence-electron chi connectivity index (χ2n) is 8.31. The minimum Gasteiger partial charge on any atom is -0.379 e. The Kier molecular flexibility index (Phi) is 8.06. The van der Waals surface area contributed by atoms with Crippen molar-refractivity contribution in [3.8, 4) is 0 Å². The highest BCUT2D eigenvalue weighted by atomic mass is 35.5. The van der Waals surface area contributed by atoms with E-state index in [1.54, 1.807) is 11.3 Å². The fourth-order valence-electron chi connectivity index (χ4n) is 4.32. The Balaban J connectivity index is 0.00000274. The lowest BCUT2D eigenvalue weighted by molar-refractivity contribution is 0.0376. The van der Waals surface area contributed by atoms with Crippen LogP contribution in [0.3, 0.4) is 0 Å². The van der Waals surface area contributed by atoms with Gasteiger partial charge in [0.1, 0.15) is 0 Å². The fourth-order valence-corrected chi connectivity index (χ4v) is 5.52. The van der Waals surface area contributed by atoms with Crippen molar-refractivity contribution in [1.29, 1.82) is 0 Å². The van der Waals surface area contributed by atoms with Gasteiger partial charge in [-0.05, 0) is 47.9 Å². The summed E-state index contributed by atoms with van der Waals surface area (Å²) >= 11 is 7.88. The first kappa shape index (κ1) is 24.9. The Morgan fingerprint density at radius 3 is 2.71 bits per heavy atom. The van der Waals surface area contributed by atoms with Crippen LogP contribution in [0.4, 0.5) is 5.13 Å². The molecule has 4 aromatic rings. The molecule has 3 aromatic carbocycles. The molecule has 5 nitrogen and oxygen atoms in total. The van der Waals surface area contributed by atoms with E-state index in [-0.39, 0.29) is 18.3 Å². The highest BCUT2D eigenvalue weighted by Gasteiger charge is 2.24. The number of ether oxygens (including phenoxy) is 1. The molecule has 5 rings (SSSR count). The molecule has 1 aliphatic heterocycles. The van der Waals surface area contributed by atoms with Gasteiger partial charge in [0.25, 0.3) is 5.91 Å². The molecule has 1 fully saturated rings. The Morgan fingerprint density at radius 2 is 1.88 bits per heavy atom. The molecule has 1 amide bonds. The zero-order valence-corrected chi connectivity index (χ0v) is 21.4. The molecule has 0 radical (unpaired) electrons. The van der Waals surface area contributed by atoms with Crippen molar-refractivity contribution in [2.24, 2.45) is 0 Å². The quantitative estimate of drug-likeness (QED) is 0.306. The number of benzene rings is 3. The molecule has 0 N–H and O–H groups in total. The lowest BCUT2D eigenvalue weighted by Crippen LogP contribution is -2.39. The van der Waals surface area contributed by atoms with Crippen LogP contribution in [0, 0.1) is 6.92 Å². The smallest absolute Gasteiger partial charge is 0.260 e. The molecule has 1 saturated heterocycles. The number of halogens is 2. The number of rotatable bonds is 6. The van der Waals surface area contributed by atoms with E-state index in [1.807, 2.05) is 66.4 Å². The number of fused-ring (bicyclic) bond motifs is 2. The third-order valence-electron chi connectivity index (χ3n) is 6.19. The van der Waals surface area contributed by atoms with Crippen LogP contribution in [0.1, 0.15) is 22.3 Å². The highest BCUT2D eigenvalue weighted by Crippen LogP contribution is 2.34. The summed E-state index contributed by atoms with van der Waals surface area (Å²) < 4.78 is 6.50. The summed E-state index contributed by atoms with van der Waals surface area (Å²) in [5.41, 5.74) is 2.52. The van der Waals surface area contributed by atoms with Crippen LogP contribution in [-0.4, -0.2) is 55.2 Å². The average molecular weight is 516 g/mol.